The van der Waals surface area contributed by atoms with Gasteiger partial charge in [-0.2, -0.15) is 0 Å². The Morgan fingerprint density at radius 3 is 2.96 bits per heavy atom. The number of nitrogens with one attached hydrogen (secondary N) is 1. The van der Waals surface area contributed by atoms with Gasteiger partial charge in [-0.15, -0.1) is 0 Å². The molecule has 0 aliphatic carbocycles. The van der Waals surface area contributed by atoms with Crippen molar-refractivity contribution in [2.24, 2.45) is 5.92 Å². The van der Waals surface area contributed by atoms with E-state index in [1.54, 1.807) is 12.3 Å². The minimum atomic E-state index is -0.302. The van der Waals surface area contributed by atoms with Crippen LogP contribution in [0.4, 0.5) is 16.0 Å². The molecule has 1 unspecified atom stereocenters. The summed E-state index contributed by atoms with van der Waals surface area (Å²) in [5.41, 5.74) is 0.387. The molecule has 1 aliphatic heterocycles. The van der Waals surface area contributed by atoms with Crippen LogP contribution in [-0.4, -0.2) is 34.6 Å². The molecule has 1 aliphatic rings. The highest BCUT2D eigenvalue weighted by molar-refractivity contribution is 5.89. The second-order valence-corrected chi connectivity index (χ2v) is 6.03. The second kappa shape index (κ2) is 6.39. The first-order valence-corrected chi connectivity index (χ1v) is 8.10. The molecular weight excluding hydrogens is 305 g/mol. The van der Waals surface area contributed by atoms with Crippen molar-refractivity contribution in [3.8, 4) is 0 Å². The van der Waals surface area contributed by atoms with Gasteiger partial charge >= 0.3 is 0 Å². The van der Waals surface area contributed by atoms with Gasteiger partial charge in [0.05, 0.1) is 0 Å². The van der Waals surface area contributed by atoms with Crippen molar-refractivity contribution in [2.45, 2.75) is 6.42 Å². The lowest BCUT2D eigenvalue weighted by Gasteiger charge is -2.19. The first-order chi connectivity index (χ1) is 11.8. The Balaban J connectivity index is 1.48. The van der Waals surface area contributed by atoms with Crippen LogP contribution in [0.1, 0.15) is 6.42 Å². The third-order valence-electron chi connectivity index (χ3n) is 4.42. The average molecular weight is 323 g/mol. The van der Waals surface area contributed by atoms with Gasteiger partial charge in [-0.05, 0) is 36.6 Å². The van der Waals surface area contributed by atoms with Gasteiger partial charge in [-0.1, -0.05) is 12.1 Å². The molecule has 0 spiro atoms. The highest BCUT2D eigenvalue weighted by Gasteiger charge is 2.25. The summed E-state index contributed by atoms with van der Waals surface area (Å²) in [5.74, 6) is 1.92. The van der Waals surface area contributed by atoms with E-state index < -0.39 is 0 Å². The number of halogens is 1. The standard InChI is InChI=1S/C18H18FN5/c19-15-5-3-4-14-17(15)22-12-23-18(14)24-9-7-13(11-24)10-21-16-6-1-2-8-20-16/h1-6,8,12-13H,7,9-11H2,(H,20,21). The molecule has 24 heavy (non-hydrogen) atoms. The van der Waals surface area contributed by atoms with Crippen molar-refractivity contribution >= 4 is 22.5 Å². The fraction of sp³-hybridized carbons (Fsp3) is 0.278. The highest BCUT2D eigenvalue weighted by atomic mass is 19.1. The van der Waals surface area contributed by atoms with Gasteiger partial charge in [0.15, 0.2) is 0 Å². The lowest BCUT2D eigenvalue weighted by atomic mass is 10.1. The Labute approximate surface area is 139 Å². The van der Waals surface area contributed by atoms with E-state index in [-0.39, 0.29) is 5.82 Å². The summed E-state index contributed by atoms with van der Waals surface area (Å²) in [6.45, 7) is 2.67. The number of fused-ring (bicyclic) bond motifs is 1. The van der Waals surface area contributed by atoms with Crippen molar-refractivity contribution in [3.05, 3.63) is 54.7 Å². The van der Waals surface area contributed by atoms with Gasteiger partial charge in [0.2, 0.25) is 0 Å². The lowest BCUT2D eigenvalue weighted by molar-refractivity contribution is 0.621. The molecule has 1 saturated heterocycles. The Bertz CT molecular complexity index is 839. The molecule has 1 N–H and O–H groups in total. The van der Waals surface area contributed by atoms with Crippen LogP contribution < -0.4 is 10.2 Å². The third kappa shape index (κ3) is 2.87. The van der Waals surface area contributed by atoms with E-state index in [2.05, 4.69) is 25.2 Å². The summed E-state index contributed by atoms with van der Waals surface area (Å²) in [7, 11) is 0. The highest BCUT2D eigenvalue weighted by Crippen LogP contribution is 2.29. The largest absolute Gasteiger partial charge is 0.370 e. The number of nitrogens with zero attached hydrogens (tertiary/aromatic N) is 4. The van der Waals surface area contributed by atoms with Crippen LogP contribution in [0, 0.1) is 11.7 Å². The first kappa shape index (κ1) is 14.8. The van der Waals surface area contributed by atoms with Crippen molar-refractivity contribution < 1.29 is 4.39 Å². The van der Waals surface area contributed by atoms with Gasteiger partial charge < -0.3 is 10.2 Å². The number of hydrogen-bond acceptors (Lipinski definition) is 5. The third-order valence-corrected chi connectivity index (χ3v) is 4.42. The molecule has 1 fully saturated rings. The zero-order valence-electron chi connectivity index (χ0n) is 13.2. The molecule has 6 heteroatoms. The Morgan fingerprint density at radius 2 is 2.08 bits per heavy atom. The van der Waals surface area contributed by atoms with E-state index in [1.807, 2.05) is 24.3 Å². The molecule has 3 heterocycles. The van der Waals surface area contributed by atoms with Gasteiger partial charge in [0.25, 0.3) is 0 Å². The normalized spacial score (nSPS) is 17.4. The number of hydrogen-bond donors (Lipinski definition) is 1. The maximum Gasteiger partial charge on any atom is 0.149 e. The fourth-order valence-electron chi connectivity index (χ4n) is 3.20. The van der Waals surface area contributed by atoms with E-state index in [0.29, 0.717) is 11.4 Å². The summed E-state index contributed by atoms with van der Waals surface area (Å²) in [6, 6.07) is 10.9. The molecule has 3 aromatic rings. The topological polar surface area (TPSA) is 53.9 Å². The zero-order valence-corrected chi connectivity index (χ0v) is 13.2. The van der Waals surface area contributed by atoms with E-state index in [4.69, 9.17) is 0 Å². The predicted molar refractivity (Wildman–Crippen MR) is 92.5 cm³/mol. The molecule has 4 rings (SSSR count). The van der Waals surface area contributed by atoms with Crippen LogP contribution in [0.5, 0.6) is 0 Å². The van der Waals surface area contributed by atoms with E-state index in [1.165, 1.54) is 12.4 Å². The van der Waals surface area contributed by atoms with Gasteiger partial charge in [-0.25, -0.2) is 19.3 Å². The molecule has 0 radical (unpaired) electrons. The molecule has 0 amide bonds. The number of aromatic nitrogens is 3. The molecule has 122 valence electrons. The Kier molecular flexibility index (Phi) is 3.94. The number of para-hydroxylation sites is 1. The van der Waals surface area contributed by atoms with Crippen LogP contribution in [0.15, 0.2) is 48.9 Å². The van der Waals surface area contributed by atoms with Gasteiger partial charge in [-0.3, -0.25) is 0 Å². The average Bonchev–Trinajstić information content (AvgIpc) is 3.10. The van der Waals surface area contributed by atoms with E-state index >= 15 is 0 Å². The molecule has 0 saturated carbocycles. The van der Waals surface area contributed by atoms with Crippen LogP contribution in [0.3, 0.4) is 0 Å². The Hall–Kier alpha value is -2.76. The first-order valence-electron chi connectivity index (χ1n) is 8.10. The number of rotatable bonds is 4. The van der Waals surface area contributed by atoms with Crippen molar-refractivity contribution in [1.29, 1.82) is 0 Å². The van der Waals surface area contributed by atoms with Gasteiger partial charge in [0, 0.05) is 31.2 Å². The molecule has 1 atom stereocenters. The van der Waals surface area contributed by atoms with Crippen molar-refractivity contribution in [3.63, 3.8) is 0 Å². The summed E-state index contributed by atoms with van der Waals surface area (Å²) < 4.78 is 13.9. The van der Waals surface area contributed by atoms with Gasteiger partial charge in [0.1, 0.15) is 29.3 Å². The van der Waals surface area contributed by atoms with Crippen LogP contribution in [0.25, 0.3) is 10.9 Å². The van der Waals surface area contributed by atoms with Crippen LogP contribution >= 0.6 is 0 Å². The van der Waals surface area contributed by atoms with E-state index in [9.17, 15) is 4.39 Å². The summed E-state index contributed by atoms with van der Waals surface area (Å²) in [4.78, 5) is 15.0. The fourth-order valence-corrected chi connectivity index (χ4v) is 3.20. The second-order valence-electron chi connectivity index (χ2n) is 6.03. The minimum Gasteiger partial charge on any atom is -0.370 e. The maximum absolute atomic E-state index is 13.9. The molecule has 1 aromatic carbocycles. The number of benzene rings is 1. The summed E-state index contributed by atoms with van der Waals surface area (Å²) in [6.07, 6.45) is 4.30. The minimum absolute atomic E-state index is 0.302. The quantitative estimate of drug-likeness (QED) is 0.799. The van der Waals surface area contributed by atoms with Crippen molar-refractivity contribution in [2.75, 3.05) is 29.9 Å². The SMILES string of the molecule is Fc1cccc2c(N3CCC(CNc4ccccn4)C3)ncnc12. The summed E-state index contributed by atoms with van der Waals surface area (Å²) in [5, 5.41) is 4.15. The lowest BCUT2D eigenvalue weighted by Crippen LogP contribution is -2.23. The zero-order chi connectivity index (χ0) is 16.4. The Morgan fingerprint density at radius 1 is 1.12 bits per heavy atom. The van der Waals surface area contributed by atoms with Crippen LogP contribution in [-0.2, 0) is 0 Å². The molecule has 2 aromatic heterocycles. The smallest absolute Gasteiger partial charge is 0.149 e. The van der Waals surface area contributed by atoms with Crippen LogP contribution in [0.2, 0.25) is 0 Å². The van der Waals surface area contributed by atoms with E-state index in [0.717, 1.165) is 43.1 Å². The molecule has 0 bridgehead atoms. The monoisotopic (exact) mass is 323 g/mol. The number of anilines is 2. The van der Waals surface area contributed by atoms with Crippen molar-refractivity contribution in [1.82, 2.24) is 15.0 Å². The number of pyridine rings is 1. The molecular formula is C18H18FN5. The molecule has 5 nitrogen and oxygen atoms in total. The predicted octanol–water partition coefficient (Wildman–Crippen LogP) is 3.10. The maximum atomic E-state index is 13.9. The summed E-state index contributed by atoms with van der Waals surface area (Å²) >= 11 is 0.